The first-order valence-electron chi connectivity index (χ1n) is 4.39. The van der Waals surface area contributed by atoms with Gasteiger partial charge in [0, 0.05) is 12.1 Å². The summed E-state index contributed by atoms with van der Waals surface area (Å²) in [7, 11) is 0. The van der Waals surface area contributed by atoms with Crippen molar-refractivity contribution >= 4 is 23.0 Å². The van der Waals surface area contributed by atoms with Gasteiger partial charge in [0.25, 0.3) is 0 Å². The number of nitrogens with one attached hydrogen (secondary N) is 2. The van der Waals surface area contributed by atoms with Gasteiger partial charge in [-0.1, -0.05) is 17.7 Å². The van der Waals surface area contributed by atoms with Crippen LogP contribution in [-0.4, -0.2) is 12.1 Å². The van der Waals surface area contributed by atoms with E-state index in [1.54, 1.807) is 0 Å². The van der Waals surface area contributed by atoms with Gasteiger partial charge < -0.3 is 10.6 Å². The Hall–Kier alpha value is -0.890. The summed E-state index contributed by atoms with van der Waals surface area (Å²) in [6, 6.07) is 5.89. The Morgan fingerprint density at radius 2 is 2.15 bits per heavy atom. The smallest absolute Gasteiger partial charge is 0.0766 e. The Bertz CT molecular complexity index is 334. The van der Waals surface area contributed by atoms with Gasteiger partial charge in [-0.2, -0.15) is 0 Å². The first-order valence-corrected chi connectivity index (χ1v) is 4.77. The number of para-hydroxylation sites is 1. The molecule has 0 aromatic heterocycles. The molecule has 0 aliphatic carbocycles. The minimum absolute atomic E-state index is 0.0949. The van der Waals surface area contributed by atoms with Crippen LogP contribution in [0, 0.1) is 0 Å². The van der Waals surface area contributed by atoms with E-state index in [0.717, 1.165) is 22.9 Å². The summed E-state index contributed by atoms with van der Waals surface area (Å²) >= 11 is 6.03. The number of rotatable bonds is 0. The maximum Gasteiger partial charge on any atom is 0.0766 e. The molecule has 0 saturated heterocycles. The van der Waals surface area contributed by atoms with Crippen molar-refractivity contribution in [1.82, 2.24) is 0 Å². The summed E-state index contributed by atoms with van der Waals surface area (Å²) in [6.45, 7) is 5.21. The summed E-state index contributed by atoms with van der Waals surface area (Å²) < 4.78 is 0. The highest BCUT2D eigenvalue weighted by molar-refractivity contribution is 6.34. The van der Waals surface area contributed by atoms with Gasteiger partial charge in [-0.15, -0.1) is 0 Å². The van der Waals surface area contributed by atoms with Crippen LogP contribution >= 0.6 is 11.6 Å². The number of anilines is 2. The predicted octanol–water partition coefficient (Wildman–Crippen LogP) is 2.96. The molecular formula is C10H13ClN2. The lowest BCUT2D eigenvalue weighted by atomic mass is 10.0. The summed E-state index contributed by atoms with van der Waals surface area (Å²) in [4.78, 5) is 0. The van der Waals surface area contributed by atoms with E-state index in [0.29, 0.717) is 0 Å². The average Bonchev–Trinajstić information content (AvgIpc) is 2.02. The lowest BCUT2D eigenvalue weighted by Gasteiger charge is -2.35. The molecule has 3 heteroatoms. The number of hydrogen-bond donors (Lipinski definition) is 2. The maximum atomic E-state index is 6.03. The van der Waals surface area contributed by atoms with Crippen molar-refractivity contribution in [3.05, 3.63) is 23.2 Å². The second kappa shape index (κ2) is 2.81. The first kappa shape index (κ1) is 8.70. The monoisotopic (exact) mass is 196 g/mol. The number of halogens is 1. The van der Waals surface area contributed by atoms with Gasteiger partial charge >= 0.3 is 0 Å². The maximum absolute atomic E-state index is 6.03. The molecule has 0 saturated carbocycles. The van der Waals surface area contributed by atoms with Crippen LogP contribution in [0.5, 0.6) is 0 Å². The molecule has 0 spiro atoms. The number of hydrogen-bond acceptors (Lipinski definition) is 2. The van der Waals surface area contributed by atoms with Crippen molar-refractivity contribution in [2.75, 3.05) is 17.2 Å². The molecule has 0 bridgehead atoms. The fourth-order valence-electron chi connectivity index (χ4n) is 1.53. The average molecular weight is 197 g/mol. The standard InChI is InChI=1S/C10H13ClN2/c1-10(2)6-12-9-7(11)4-3-5-8(9)13-10/h3-5,12-13H,6H2,1-2H3. The second-order valence-corrected chi connectivity index (χ2v) is 4.43. The van der Waals surface area contributed by atoms with Gasteiger partial charge in [0.15, 0.2) is 0 Å². The van der Waals surface area contributed by atoms with Crippen LogP contribution in [0.2, 0.25) is 5.02 Å². The van der Waals surface area contributed by atoms with Gasteiger partial charge in [-0.25, -0.2) is 0 Å². The Morgan fingerprint density at radius 1 is 1.38 bits per heavy atom. The highest BCUT2D eigenvalue weighted by atomic mass is 35.5. The lowest BCUT2D eigenvalue weighted by Crippen LogP contribution is -2.42. The molecule has 2 N–H and O–H groups in total. The Balaban J connectivity index is 2.42. The molecule has 0 atom stereocenters. The number of fused-ring (bicyclic) bond motifs is 1. The van der Waals surface area contributed by atoms with Crippen LogP contribution in [0.3, 0.4) is 0 Å². The summed E-state index contributed by atoms with van der Waals surface area (Å²) in [5.74, 6) is 0. The molecule has 70 valence electrons. The van der Waals surface area contributed by atoms with Crippen molar-refractivity contribution in [2.24, 2.45) is 0 Å². The van der Waals surface area contributed by atoms with Gasteiger partial charge in [0.1, 0.15) is 0 Å². The summed E-state index contributed by atoms with van der Waals surface area (Å²) in [6.07, 6.45) is 0. The van der Waals surface area contributed by atoms with Gasteiger partial charge in [0.2, 0.25) is 0 Å². The first-order chi connectivity index (χ1) is 6.08. The molecule has 13 heavy (non-hydrogen) atoms. The normalized spacial score (nSPS) is 18.4. The molecule has 0 amide bonds. The topological polar surface area (TPSA) is 24.1 Å². The highest BCUT2D eigenvalue weighted by Crippen LogP contribution is 2.35. The highest BCUT2D eigenvalue weighted by Gasteiger charge is 2.24. The molecule has 1 aromatic carbocycles. The molecule has 0 fully saturated rings. The second-order valence-electron chi connectivity index (χ2n) is 4.02. The van der Waals surface area contributed by atoms with Gasteiger partial charge in [0.05, 0.1) is 16.4 Å². The lowest BCUT2D eigenvalue weighted by molar-refractivity contribution is 0.589. The van der Waals surface area contributed by atoms with Crippen LogP contribution in [0.15, 0.2) is 18.2 Å². The third-order valence-corrected chi connectivity index (χ3v) is 2.51. The fourth-order valence-corrected chi connectivity index (χ4v) is 1.77. The summed E-state index contributed by atoms with van der Waals surface area (Å²) in [5, 5.41) is 7.54. The molecule has 0 unspecified atom stereocenters. The summed E-state index contributed by atoms with van der Waals surface area (Å²) in [5.41, 5.74) is 2.20. The molecule has 1 heterocycles. The van der Waals surface area contributed by atoms with E-state index in [9.17, 15) is 0 Å². The van der Waals surface area contributed by atoms with E-state index in [-0.39, 0.29) is 5.54 Å². The van der Waals surface area contributed by atoms with E-state index in [4.69, 9.17) is 11.6 Å². The third-order valence-electron chi connectivity index (χ3n) is 2.19. The molecule has 2 rings (SSSR count). The Kier molecular flexibility index (Phi) is 1.88. The van der Waals surface area contributed by atoms with Crippen LogP contribution < -0.4 is 10.6 Å². The molecular weight excluding hydrogens is 184 g/mol. The molecule has 1 aromatic rings. The van der Waals surface area contributed by atoms with E-state index >= 15 is 0 Å². The minimum Gasteiger partial charge on any atom is -0.380 e. The fraction of sp³-hybridized carbons (Fsp3) is 0.400. The van der Waals surface area contributed by atoms with E-state index < -0.39 is 0 Å². The Labute approximate surface area is 83.3 Å². The van der Waals surface area contributed by atoms with E-state index in [1.165, 1.54) is 0 Å². The number of benzene rings is 1. The van der Waals surface area contributed by atoms with Crippen LogP contribution in [0.25, 0.3) is 0 Å². The van der Waals surface area contributed by atoms with Gasteiger partial charge in [-0.05, 0) is 26.0 Å². The zero-order valence-corrected chi connectivity index (χ0v) is 8.57. The molecule has 1 aliphatic rings. The molecule has 0 radical (unpaired) electrons. The molecule has 2 nitrogen and oxygen atoms in total. The molecule has 1 aliphatic heterocycles. The SMILES string of the molecule is CC1(C)CNc2c(Cl)cccc2N1. The van der Waals surface area contributed by atoms with E-state index in [1.807, 2.05) is 18.2 Å². The van der Waals surface area contributed by atoms with Crippen molar-refractivity contribution in [1.29, 1.82) is 0 Å². The van der Waals surface area contributed by atoms with Crippen molar-refractivity contribution in [2.45, 2.75) is 19.4 Å². The van der Waals surface area contributed by atoms with Crippen molar-refractivity contribution in [3.63, 3.8) is 0 Å². The van der Waals surface area contributed by atoms with Crippen LogP contribution in [0.4, 0.5) is 11.4 Å². The third kappa shape index (κ3) is 1.59. The zero-order valence-electron chi connectivity index (χ0n) is 7.82. The Morgan fingerprint density at radius 3 is 2.92 bits per heavy atom. The largest absolute Gasteiger partial charge is 0.380 e. The minimum atomic E-state index is 0.0949. The van der Waals surface area contributed by atoms with Crippen molar-refractivity contribution in [3.8, 4) is 0 Å². The zero-order chi connectivity index (χ0) is 9.47. The predicted molar refractivity (Wildman–Crippen MR) is 57.6 cm³/mol. The van der Waals surface area contributed by atoms with Crippen molar-refractivity contribution < 1.29 is 0 Å². The van der Waals surface area contributed by atoms with Crippen LogP contribution in [0.1, 0.15) is 13.8 Å². The van der Waals surface area contributed by atoms with Crippen LogP contribution in [-0.2, 0) is 0 Å². The quantitative estimate of drug-likeness (QED) is 0.667. The van der Waals surface area contributed by atoms with E-state index in [2.05, 4.69) is 24.5 Å². The van der Waals surface area contributed by atoms with Gasteiger partial charge in [-0.3, -0.25) is 0 Å².